The highest BCUT2D eigenvalue weighted by Crippen LogP contribution is 2.32. The van der Waals surface area contributed by atoms with Crippen LogP contribution in [0.15, 0.2) is 48.5 Å². The summed E-state index contributed by atoms with van der Waals surface area (Å²) < 4.78 is 0. The van der Waals surface area contributed by atoms with Crippen molar-refractivity contribution in [3.05, 3.63) is 65.4 Å². The topological polar surface area (TPSA) is 39.9 Å². The minimum Gasteiger partial charge on any atom is -0.381 e. The van der Waals surface area contributed by atoms with E-state index < -0.39 is 0 Å². The molecule has 1 atom stereocenters. The standard InChI is InChI=1S/C30H41N3/c1-22-18-25-21-28(33-30(25)29(19-22)32-26-14-8-9-15-26)27(20-24-12-6-3-7-13-24)31-17-16-23-10-4-2-5-11-23/h3,6-7,12-13,18-19,21,23,26-27,31-33H,2,4-5,8-11,14-17,20H2,1H3. The summed E-state index contributed by atoms with van der Waals surface area (Å²) in [6.07, 6.45) is 14.8. The molecule has 2 saturated carbocycles. The third-order valence-corrected chi connectivity index (χ3v) is 7.93. The van der Waals surface area contributed by atoms with Gasteiger partial charge in [0.1, 0.15) is 0 Å². The summed E-state index contributed by atoms with van der Waals surface area (Å²) in [5.74, 6) is 0.913. The van der Waals surface area contributed by atoms with E-state index in [2.05, 4.69) is 71.1 Å². The zero-order valence-corrected chi connectivity index (χ0v) is 20.3. The number of aromatic amines is 1. The Hall–Kier alpha value is -2.26. The van der Waals surface area contributed by atoms with Gasteiger partial charge < -0.3 is 15.6 Å². The number of aromatic nitrogens is 1. The monoisotopic (exact) mass is 443 g/mol. The van der Waals surface area contributed by atoms with Crippen LogP contribution in [-0.2, 0) is 6.42 Å². The fourth-order valence-electron chi connectivity index (χ4n) is 6.09. The summed E-state index contributed by atoms with van der Waals surface area (Å²) in [7, 11) is 0. The lowest BCUT2D eigenvalue weighted by Crippen LogP contribution is -2.26. The lowest BCUT2D eigenvalue weighted by atomic mass is 9.87. The predicted molar refractivity (Wildman–Crippen MR) is 141 cm³/mol. The molecule has 1 unspecified atom stereocenters. The van der Waals surface area contributed by atoms with Crippen molar-refractivity contribution in [1.29, 1.82) is 0 Å². The normalized spacial score (nSPS) is 18.7. The molecule has 2 aromatic carbocycles. The van der Waals surface area contributed by atoms with E-state index in [0.29, 0.717) is 12.1 Å². The fourth-order valence-corrected chi connectivity index (χ4v) is 6.09. The molecule has 0 amide bonds. The fraction of sp³-hybridized carbons (Fsp3) is 0.533. The van der Waals surface area contributed by atoms with Crippen molar-refractivity contribution < 1.29 is 0 Å². The number of H-pyrrole nitrogens is 1. The first-order valence-corrected chi connectivity index (χ1v) is 13.4. The minimum absolute atomic E-state index is 0.308. The van der Waals surface area contributed by atoms with Crippen molar-refractivity contribution in [2.45, 2.75) is 89.6 Å². The Morgan fingerprint density at radius 3 is 2.45 bits per heavy atom. The molecule has 2 aliphatic rings. The summed E-state index contributed by atoms with van der Waals surface area (Å²) >= 11 is 0. The average Bonchev–Trinajstić information content (AvgIpc) is 3.50. The molecule has 0 bridgehead atoms. The minimum atomic E-state index is 0.308. The molecule has 2 aliphatic carbocycles. The second-order valence-corrected chi connectivity index (χ2v) is 10.6. The molecule has 3 aromatic rings. The number of rotatable bonds is 9. The van der Waals surface area contributed by atoms with E-state index in [1.165, 1.54) is 97.6 Å². The maximum Gasteiger partial charge on any atom is 0.0692 e. The number of hydrogen-bond donors (Lipinski definition) is 3. The zero-order valence-electron chi connectivity index (χ0n) is 20.3. The van der Waals surface area contributed by atoms with Gasteiger partial charge in [0.15, 0.2) is 0 Å². The summed E-state index contributed by atoms with van der Waals surface area (Å²) in [4.78, 5) is 3.85. The number of anilines is 1. The van der Waals surface area contributed by atoms with Crippen LogP contribution in [0.4, 0.5) is 5.69 Å². The van der Waals surface area contributed by atoms with Crippen molar-refractivity contribution >= 4 is 16.6 Å². The summed E-state index contributed by atoms with van der Waals surface area (Å²) in [5, 5.41) is 9.14. The molecule has 3 nitrogen and oxygen atoms in total. The molecule has 3 N–H and O–H groups in total. The third kappa shape index (κ3) is 5.81. The maximum absolute atomic E-state index is 3.95. The van der Waals surface area contributed by atoms with Crippen LogP contribution in [0.25, 0.3) is 10.9 Å². The highest BCUT2D eigenvalue weighted by atomic mass is 15.0. The van der Waals surface area contributed by atoms with Gasteiger partial charge in [-0.1, -0.05) is 75.3 Å². The number of nitrogens with one attached hydrogen (secondary N) is 3. The van der Waals surface area contributed by atoms with Crippen LogP contribution in [0.5, 0.6) is 0 Å². The predicted octanol–water partition coefficient (Wildman–Crippen LogP) is 7.67. The van der Waals surface area contributed by atoms with Crippen LogP contribution in [0.2, 0.25) is 0 Å². The number of fused-ring (bicyclic) bond motifs is 1. The first kappa shape index (κ1) is 22.5. The molecule has 1 aromatic heterocycles. The largest absolute Gasteiger partial charge is 0.381 e. The summed E-state index contributed by atoms with van der Waals surface area (Å²) in [6, 6.07) is 18.9. The van der Waals surface area contributed by atoms with Gasteiger partial charge in [0.05, 0.1) is 17.2 Å². The molecule has 2 fully saturated rings. The van der Waals surface area contributed by atoms with Crippen LogP contribution in [0.3, 0.4) is 0 Å². The zero-order chi connectivity index (χ0) is 22.5. The Morgan fingerprint density at radius 2 is 1.67 bits per heavy atom. The van der Waals surface area contributed by atoms with Crippen LogP contribution in [0.1, 0.15) is 87.1 Å². The van der Waals surface area contributed by atoms with E-state index >= 15 is 0 Å². The molecule has 176 valence electrons. The summed E-state index contributed by atoms with van der Waals surface area (Å²) in [5.41, 5.74) is 6.60. The van der Waals surface area contributed by atoms with Gasteiger partial charge in [-0.2, -0.15) is 0 Å². The van der Waals surface area contributed by atoms with Gasteiger partial charge >= 0.3 is 0 Å². The van der Waals surface area contributed by atoms with E-state index in [1.54, 1.807) is 0 Å². The van der Waals surface area contributed by atoms with Crippen LogP contribution in [0, 0.1) is 12.8 Å². The first-order valence-electron chi connectivity index (χ1n) is 13.4. The molecule has 1 heterocycles. The lowest BCUT2D eigenvalue weighted by Gasteiger charge is -2.24. The second kappa shape index (κ2) is 10.8. The second-order valence-electron chi connectivity index (χ2n) is 10.6. The van der Waals surface area contributed by atoms with Crippen molar-refractivity contribution in [2.24, 2.45) is 5.92 Å². The van der Waals surface area contributed by atoms with Gasteiger partial charge in [-0.25, -0.2) is 0 Å². The van der Waals surface area contributed by atoms with E-state index in [-0.39, 0.29) is 0 Å². The van der Waals surface area contributed by atoms with Crippen molar-refractivity contribution in [3.8, 4) is 0 Å². The van der Waals surface area contributed by atoms with Gasteiger partial charge in [-0.15, -0.1) is 0 Å². The molecule has 5 rings (SSSR count). The Bertz CT molecular complexity index is 1010. The Labute approximate surface area is 199 Å². The molecule has 3 heteroatoms. The molecule has 0 spiro atoms. The molecule has 0 aliphatic heterocycles. The average molecular weight is 444 g/mol. The van der Waals surface area contributed by atoms with Crippen molar-refractivity contribution in [1.82, 2.24) is 10.3 Å². The van der Waals surface area contributed by atoms with Gasteiger partial charge in [-0.05, 0) is 74.4 Å². The van der Waals surface area contributed by atoms with E-state index in [9.17, 15) is 0 Å². The molecule has 0 radical (unpaired) electrons. The number of benzene rings is 2. The molecule has 33 heavy (non-hydrogen) atoms. The van der Waals surface area contributed by atoms with E-state index in [1.807, 2.05) is 0 Å². The molecular weight excluding hydrogens is 402 g/mol. The van der Waals surface area contributed by atoms with Gasteiger partial charge in [0.25, 0.3) is 0 Å². The third-order valence-electron chi connectivity index (χ3n) is 7.93. The Morgan fingerprint density at radius 1 is 0.909 bits per heavy atom. The highest BCUT2D eigenvalue weighted by molar-refractivity contribution is 5.92. The highest BCUT2D eigenvalue weighted by Gasteiger charge is 2.20. The van der Waals surface area contributed by atoms with Gasteiger partial charge in [-0.3, -0.25) is 0 Å². The van der Waals surface area contributed by atoms with Gasteiger partial charge in [0.2, 0.25) is 0 Å². The number of aryl methyl sites for hydroxylation is 1. The maximum atomic E-state index is 3.95. The van der Waals surface area contributed by atoms with Crippen LogP contribution >= 0.6 is 0 Å². The van der Waals surface area contributed by atoms with Crippen LogP contribution in [-0.4, -0.2) is 17.6 Å². The van der Waals surface area contributed by atoms with Crippen molar-refractivity contribution in [3.63, 3.8) is 0 Å². The SMILES string of the molecule is Cc1cc(NC2CCCC2)c2[nH]c(C(Cc3ccccc3)NCCC3CCCCC3)cc2c1. The Kier molecular flexibility index (Phi) is 7.36. The van der Waals surface area contributed by atoms with Crippen molar-refractivity contribution in [2.75, 3.05) is 11.9 Å². The summed E-state index contributed by atoms with van der Waals surface area (Å²) in [6.45, 7) is 3.32. The van der Waals surface area contributed by atoms with Gasteiger partial charge in [0, 0.05) is 17.1 Å². The molecular formula is C30H41N3. The Balaban J connectivity index is 1.37. The first-order chi connectivity index (χ1) is 16.2. The molecule has 0 saturated heterocycles. The van der Waals surface area contributed by atoms with E-state index in [0.717, 1.165) is 18.9 Å². The van der Waals surface area contributed by atoms with Crippen LogP contribution < -0.4 is 10.6 Å². The lowest BCUT2D eigenvalue weighted by molar-refractivity contribution is 0.327. The smallest absolute Gasteiger partial charge is 0.0692 e. The quantitative estimate of drug-likeness (QED) is 0.317. The van der Waals surface area contributed by atoms with E-state index in [4.69, 9.17) is 0 Å². The number of hydrogen-bond acceptors (Lipinski definition) is 2.